The summed E-state index contributed by atoms with van der Waals surface area (Å²) < 4.78 is 0. The van der Waals surface area contributed by atoms with Crippen LogP contribution in [0.15, 0.2) is 0 Å². The molecule has 0 bridgehead atoms. The lowest BCUT2D eigenvalue weighted by molar-refractivity contribution is 0.0905. The molecule has 0 radical (unpaired) electrons. The first-order valence-electron chi connectivity index (χ1n) is 1.87. The molecule has 0 unspecified atom stereocenters. The van der Waals surface area contributed by atoms with E-state index in [-0.39, 0.29) is 0 Å². The number of hydrogen-bond donors (Lipinski definition) is 2. The minimum Gasteiger partial charge on any atom is -0.375 e. The highest BCUT2D eigenvalue weighted by Gasteiger charge is 2.12. The summed E-state index contributed by atoms with van der Waals surface area (Å²) in [7, 11) is 0. The Morgan fingerprint density at radius 2 is 1.25 bits per heavy atom. The molecule has 0 amide bonds. The first-order valence-corrected chi connectivity index (χ1v) is 1.87. The van der Waals surface area contributed by atoms with E-state index in [0.717, 1.165) is 0 Å². The van der Waals surface area contributed by atoms with Gasteiger partial charge in [0.05, 0.1) is 12.1 Å². The van der Waals surface area contributed by atoms with E-state index < -0.39 is 12.2 Å². The topological polar surface area (TPSA) is 88.0 Å². The van der Waals surface area contributed by atoms with E-state index >= 15 is 0 Å². The maximum absolute atomic E-state index is 8.29. The number of rotatable bonds is 1. The monoisotopic (exact) mass is 112 g/mol. The van der Waals surface area contributed by atoms with Crippen LogP contribution in [0.25, 0.3) is 0 Å². The maximum atomic E-state index is 8.29. The van der Waals surface area contributed by atoms with Gasteiger partial charge in [0.25, 0.3) is 0 Å². The molecule has 0 fully saturated rings. The Balaban J connectivity index is 3.72. The maximum Gasteiger partial charge on any atom is 0.179 e. The average Bonchev–Trinajstić information content (AvgIpc) is 1.84. The van der Waals surface area contributed by atoms with Crippen molar-refractivity contribution in [3.63, 3.8) is 0 Å². The molecule has 0 aromatic rings. The summed E-state index contributed by atoms with van der Waals surface area (Å²) in [6.45, 7) is 0. The van der Waals surface area contributed by atoms with Crippen LogP contribution in [0.2, 0.25) is 0 Å². The van der Waals surface area contributed by atoms with E-state index in [9.17, 15) is 0 Å². The van der Waals surface area contributed by atoms with E-state index in [2.05, 4.69) is 0 Å². The fourth-order valence-corrected chi connectivity index (χ4v) is 0.141. The van der Waals surface area contributed by atoms with Gasteiger partial charge in [-0.05, 0) is 0 Å². The fraction of sp³-hybridized carbons (Fsp3) is 0.500. The third-order valence-corrected chi connectivity index (χ3v) is 0.564. The highest BCUT2D eigenvalue weighted by atomic mass is 16.3. The van der Waals surface area contributed by atoms with Crippen LogP contribution in [0, 0.1) is 22.7 Å². The Morgan fingerprint density at radius 3 is 1.38 bits per heavy atom. The van der Waals surface area contributed by atoms with Crippen molar-refractivity contribution in [2.75, 3.05) is 0 Å². The van der Waals surface area contributed by atoms with Gasteiger partial charge in [-0.15, -0.1) is 0 Å². The van der Waals surface area contributed by atoms with Crippen molar-refractivity contribution in [3.8, 4) is 12.1 Å². The van der Waals surface area contributed by atoms with E-state index in [4.69, 9.17) is 20.7 Å². The molecule has 0 aliphatic heterocycles. The highest BCUT2D eigenvalue weighted by Crippen LogP contribution is 1.86. The number of hydrogen-bond acceptors (Lipinski definition) is 4. The second kappa shape index (κ2) is 2.98. The van der Waals surface area contributed by atoms with Crippen LogP contribution in [0.1, 0.15) is 0 Å². The lowest BCUT2D eigenvalue weighted by Gasteiger charge is -1.97. The zero-order chi connectivity index (χ0) is 6.57. The summed E-state index contributed by atoms with van der Waals surface area (Å²) in [5.41, 5.74) is 0. The van der Waals surface area contributed by atoms with Crippen LogP contribution in [0.5, 0.6) is 0 Å². The standard InChI is InChI=1S/C4H4N2O2/c5-1-3(7)4(8)2-6/h3-4,7-8H/t3-,4+. The van der Waals surface area contributed by atoms with Crippen LogP contribution in [0.4, 0.5) is 0 Å². The molecular formula is C4H4N2O2. The lowest BCUT2D eigenvalue weighted by atomic mass is 10.2. The average molecular weight is 112 g/mol. The molecule has 0 heterocycles. The van der Waals surface area contributed by atoms with Crippen LogP contribution >= 0.6 is 0 Å². The van der Waals surface area contributed by atoms with Crippen LogP contribution in [-0.2, 0) is 0 Å². The number of aliphatic hydroxyl groups excluding tert-OH is 2. The van der Waals surface area contributed by atoms with Crippen molar-refractivity contribution in [1.82, 2.24) is 0 Å². The van der Waals surface area contributed by atoms with Crippen molar-refractivity contribution in [1.29, 1.82) is 10.5 Å². The van der Waals surface area contributed by atoms with Crippen molar-refractivity contribution >= 4 is 0 Å². The van der Waals surface area contributed by atoms with Gasteiger partial charge in [0, 0.05) is 0 Å². The summed E-state index contributed by atoms with van der Waals surface area (Å²) in [5.74, 6) is 0. The molecule has 0 saturated heterocycles. The summed E-state index contributed by atoms with van der Waals surface area (Å²) in [6, 6.07) is 2.60. The minimum atomic E-state index is -1.58. The molecule has 0 saturated carbocycles. The molecule has 0 aliphatic carbocycles. The summed E-state index contributed by atoms with van der Waals surface area (Å²) in [5, 5.41) is 32.2. The Hall–Kier alpha value is -1.10. The molecule has 42 valence electrons. The van der Waals surface area contributed by atoms with Crippen LogP contribution in [-0.4, -0.2) is 22.4 Å². The Bertz CT molecular complexity index is 125. The molecular weight excluding hydrogens is 108 g/mol. The smallest absolute Gasteiger partial charge is 0.179 e. The van der Waals surface area contributed by atoms with Gasteiger partial charge < -0.3 is 10.2 Å². The van der Waals surface area contributed by atoms with Gasteiger partial charge in [-0.25, -0.2) is 0 Å². The second-order valence-electron chi connectivity index (χ2n) is 1.15. The zero-order valence-corrected chi connectivity index (χ0v) is 3.94. The molecule has 2 atom stereocenters. The van der Waals surface area contributed by atoms with Crippen LogP contribution < -0.4 is 0 Å². The van der Waals surface area contributed by atoms with Crippen molar-refractivity contribution < 1.29 is 10.2 Å². The highest BCUT2D eigenvalue weighted by molar-refractivity contribution is 4.98. The van der Waals surface area contributed by atoms with Gasteiger partial charge in [-0.1, -0.05) is 0 Å². The fourth-order valence-electron chi connectivity index (χ4n) is 0.141. The summed E-state index contributed by atoms with van der Waals surface area (Å²) in [6.07, 6.45) is -3.17. The molecule has 2 N–H and O–H groups in total. The number of nitrogens with zero attached hydrogens (tertiary/aromatic N) is 2. The molecule has 4 heteroatoms. The number of aliphatic hydroxyl groups is 2. The van der Waals surface area contributed by atoms with Gasteiger partial charge in [0.2, 0.25) is 0 Å². The van der Waals surface area contributed by atoms with E-state index in [1.807, 2.05) is 0 Å². The van der Waals surface area contributed by atoms with E-state index in [1.165, 1.54) is 12.1 Å². The van der Waals surface area contributed by atoms with Gasteiger partial charge in [0.1, 0.15) is 0 Å². The summed E-state index contributed by atoms with van der Waals surface area (Å²) in [4.78, 5) is 0. The SMILES string of the molecule is N#C[C@@H](O)[C@@H](O)C#N. The zero-order valence-electron chi connectivity index (χ0n) is 3.94. The third-order valence-electron chi connectivity index (χ3n) is 0.564. The molecule has 0 aromatic heterocycles. The summed E-state index contributed by atoms with van der Waals surface area (Å²) >= 11 is 0. The van der Waals surface area contributed by atoms with E-state index in [1.54, 1.807) is 0 Å². The molecule has 0 aliphatic rings. The van der Waals surface area contributed by atoms with Crippen molar-refractivity contribution in [3.05, 3.63) is 0 Å². The number of nitriles is 2. The second-order valence-corrected chi connectivity index (χ2v) is 1.15. The van der Waals surface area contributed by atoms with Gasteiger partial charge >= 0.3 is 0 Å². The van der Waals surface area contributed by atoms with E-state index in [0.29, 0.717) is 0 Å². The molecule has 0 aromatic carbocycles. The van der Waals surface area contributed by atoms with Crippen molar-refractivity contribution in [2.45, 2.75) is 12.2 Å². The predicted octanol–water partition coefficient (Wildman–Crippen LogP) is -1.24. The normalized spacial score (nSPS) is 15.5. The Kier molecular flexibility index (Phi) is 2.57. The Morgan fingerprint density at radius 1 is 1.00 bits per heavy atom. The predicted molar refractivity (Wildman–Crippen MR) is 23.2 cm³/mol. The lowest BCUT2D eigenvalue weighted by Crippen LogP contribution is -2.21. The molecule has 8 heavy (non-hydrogen) atoms. The Labute approximate surface area is 46.2 Å². The quantitative estimate of drug-likeness (QED) is 0.415. The first-order chi connectivity index (χ1) is 3.72. The van der Waals surface area contributed by atoms with Gasteiger partial charge in [-0.2, -0.15) is 10.5 Å². The van der Waals surface area contributed by atoms with Gasteiger partial charge in [-0.3, -0.25) is 0 Å². The molecule has 4 nitrogen and oxygen atoms in total. The van der Waals surface area contributed by atoms with Crippen LogP contribution in [0.3, 0.4) is 0 Å². The van der Waals surface area contributed by atoms with Crippen molar-refractivity contribution in [2.24, 2.45) is 0 Å². The third kappa shape index (κ3) is 1.57. The van der Waals surface area contributed by atoms with Gasteiger partial charge in [0.15, 0.2) is 12.2 Å². The first kappa shape index (κ1) is 6.90. The minimum absolute atomic E-state index is 1.30. The largest absolute Gasteiger partial charge is 0.375 e. The molecule has 0 spiro atoms. The molecule has 0 rings (SSSR count).